The van der Waals surface area contributed by atoms with Gasteiger partial charge in [0, 0.05) is 10.7 Å². The summed E-state index contributed by atoms with van der Waals surface area (Å²) < 4.78 is 6.32. The van der Waals surface area contributed by atoms with Gasteiger partial charge in [-0.05, 0) is 58.7 Å². The molecule has 0 aliphatic heterocycles. The fourth-order valence-electron chi connectivity index (χ4n) is 2.15. The highest BCUT2D eigenvalue weighted by Crippen LogP contribution is 2.31. The van der Waals surface area contributed by atoms with Gasteiger partial charge in [0.1, 0.15) is 11.4 Å². The Morgan fingerprint density at radius 1 is 1.38 bits per heavy atom. The number of nitrogens with one attached hydrogen (secondary N) is 1. The first-order valence-corrected chi connectivity index (χ1v) is 8.01. The highest BCUT2D eigenvalue weighted by Gasteiger charge is 2.19. The molecule has 0 aliphatic carbocycles. The van der Waals surface area contributed by atoms with Gasteiger partial charge >= 0.3 is 0 Å². The molecule has 0 aliphatic rings. The zero-order valence-corrected chi connectivity index (χ0v) is 14.4. The van der Waals surface area contributed by atoms with Crippen LogP contribution in [0.25, 0.3) is 0 Å². The largest absolute Gasteiger partial charge is 0.495 e. The van der Waals surface area contributed by atoms with Crippen molar-refractivity contribution in [2.75, 3.05) is 13.7 Å². The summed E-state index contributed by atoms with van der Waals surface area (Å²) >= 11 is 9.65. The molecule has 2 aromatic rings. The first-order valence-electron chi connectivity index (χ1n) is 6.84. The molecule has 1 heterocycles. The number of ether oxygens (including phenoxy) is 1. The van der Waals surface area contributed by atoms with E-state index in [0.29, 0.717) is 5.02 Å². The van der Waals surface area contributed by atoms with Crippen molar-refractivity contribution in [3.63, 3.8) is 0 Å². The number of halogens is 2. The maximum atomic E-state index is 6.23. The molecular formula is C16H18BrClN2O. The van der Waals surface area contributed by atoms with Crippen LogP contribution < -0.4 is 10.1 Å². The predicted molar refractivity (Wildman–Crippen MR) is 90.1 cm³/mol. The smallest absolute Gasteiger partial charge is 0.142 e. The molecule has 112 valence electrons. The second-order valence-electron chi connectivity index (χ2n) is 4.65. The Bertz CT molecular complexity index is 607. The summed E-state index contributed by atoms with van der Waals surface area (Å²) in [4.78, 5) is 4.49. The minimum atomic E-state index is -0.0494. The fraction of sp³-hybridized carbons (Fsp3) is 0.312. The molecule has 0 spiro atoms. The summed E-state index contributed by atoms with van der Waals surface area (Å²) in [5.74, 6) is 0.769. The Hall–Kier alpha value is -1.10. The van der Waals surface area contributed by atoms with E-state index in [-0.39, 0.29) is 6.04 Å². The van der Waals surface area contributed by atoms with Crippen LogP contribution >= 0.6 is 27.5 Å². The van der Waals surface area contributed by atoms with E-state index in [4.69, 9.17) is 16.3 Å². The number of hydrogen-bond acceptors (Lipinski definition) is 3. The van der Waals surface area contributed by atoms with Gasteiger partial charge in [0.15, 0.2) is 0 Å². The van der Waals surface area contributed by atoms with Gasteiger partial charge in [-0.1, -0.05) is 24.6 Å². The van der Waals surface area contributed by atoms with E-state index in [1.807, 2.05) is 30.3 Å². The molecule has 21 heavy (non-hydrogen) atoms. The Balaban J connectivity index is 2.44. The van der Waals surface area contributed by atoms with E-state index >= 15 is 0 Å². The normalized spacial score (nSPS) is 12.2. The minimum absolute atomic E-state index is 0.0494. The number of aromatic nitrogens is 1. The van der Waals surface area contributed by atoms with Crippen molar-refractivity contribution in [3.05, 3.63) is 57.3 Å². The number of pyridine rings is 1. The van der Waals surface area contributed by atoms with Crippen LogP contribution in [0.5, 0.6) is 5.75 Å². The van der Waals surface area contributed by atoms with E-state index in [1.54, 1.807) is 13.3 Å². The quantitative estimate of drug-likeness (QED) is 0.808. The first-order chi connectivity index (χ1) is 10.2. The van der Waals surface area contributed by atoms with Gasteiger partial charge in [-0.3, -0.25) is 4.98 Å². The Labute approximate surface area is 138 Å². The van der Waals surface area contributed by atoms with Crippen molar-refractivity contribution in [3.8, 4) is 5.75 Å². The van der Waals surface area contributed by atoms with E-state index in [9.17, 15) is 0 Å². The summed E-state index contributed by atoms with van der Waals surface area (Å²) in [6.45, 7) is 3.02. The number of hydrogen-bond donors (Lipinski definition) is 1. The topological polar surface area (TPSA) is 34.2 Å². The summed E-state index contributed by atoms with van der Waals surface area (Å²) in [5, 5.41) is 4.19. The molecule has 0 fully saturated rings. The van der Waals surface area contributed by atoms with Gasteiger partial charge in [0.25, 0.3) is 0 Å². The molecule has 1 atom stereocenters. The van der Waals surface area contributed by atoms with Gasteiger partial charge < -0.3 is 10.1 Å². The molecule has 2 rings (SSSR count). The van der Waals surface area contributed by atoms with E-state index in [2.05, 4.69) is 33.2 Å². The average Bonchev–Trinajstić information content (AvgIpc) is 2.51. The third kappa shape index (κ3) is 3.96. The molecule has 1 N–H and O–H groups in total. The number of methoxy groups -OCH3 is 1. The SMILES string of the molecule is CCCNC(c1ccc(Br)c(Cl)c1)c1ncccc1OC. The lowest BCUT2D eigenvalue weighted by Gasteiger charge is -2.21. The summed E-state index contributed by atoms with van der Waals surface area (Å²) in [6, 6.07) is 9.68. The molecule has 0 saturated carbocycles. The van der Waals surface area contributed by atoms with Gasteiger partial charge in [-0.25, -0.2) is 0 Å². The van der Waals surface area contributed by atoms with Crippen LogP contribution in [-0.4, -0.2) is 18.6 Å². The monoisotopic (exact) mass is 368 g/mol. The van der Waals surface area contributed by atoms with Gasteiger partial charge in [-0.2, -0.15) is 0 Å². The lowest BCUT2D eigenvalue weighted by molar-refractivity contribution is 0.400. The third-order valence-corrected chi connectivity index (χ3v) is 4.40. The Morgan fingerprint density at radius 2 is 2.19 bits per heavy atom. The first kappa shape index (κ1) is 16.3. The minimum Gasteiger partial charge on any atom is -0.495 e. The summed E-state index contributed by atoms with van der Waals surface area (Å²) in [6.07, 6.45) is 2.81. The number of rotatable bonds is 6. The number of benzene rings is 1. The molecule has 1 unspecified atom stereocenters. The van der Waals surface area contributed by atoms with Crippen molar-refractivity contribution in [1.29, 1.82) is 0 Å². The maximum Gasteiger partial charge on any atom is 0.142 e. The maximum absolute atomic E-state index is 6.23. The molecule has 5 heteroatoms. The number of nitrogens with zero attached hydrogens (tertiary/aromatic N) is 1. The average molecular weight is 370 g/mol. The second-order valence-corrected chi connectivity index (χ2v) is 5.91. The van der Waals surface area contributed by atoms with Crippen LogP contribution in [0.15, 0.2) is 41.0 Å². The fourth-order valence-corrected chi connectivity index (χ4v) is 2.58. The van der Waals surface area contributed by atoms with Crippen molar-refractivity contribution in [1.82, 2.24) is 10.3 Å². The van der Waals surface area contributed by atoms with Gasteiger partial charge in [0.05, 0.1) is 18.2 Å². The van der Waals surface area contributed by atoms with Crippen LogP contribution in [0.2, 0.25) is 5.02 Å². The molecular weight excluding hydrogens is 352 g/mol. The van der Waals surface area contributed by atoms with E-state index in [1.165, 1.54) is 0 Å². The zero-order valence-electron chi connectivity index (χ0n) is 12.1. The molecule has 3 nitrogen and oxygen atoms in total. The Morgan fingerprint density at radius 3 is 2.86 bits per heavy atom. The highest BCUT2D eigenvalue weighted by atomic mass is 79.9. The second kappa shape index (κ2) is 7.78. The predicted octanol–water partition coefficient (Wildman–Crippen LogP) is 4.60. The molecule has 0 amide bonds. The lowest BCUT2D eigenvalue weighted by Crippen LogP contribution is -2.24. The molecule has 0 radical (unpaired) electrons. The highest BCUT2D eigenvalue weighted by molar-refractivity contribution is 9.10. The van der Waals surface area contributed by atoms with Crippen LogP contribution in [0.1, 0.15) is 30.6 Å². The van der Waals surface area contributed by atoms with Crippen molar-refractivity contribution >= 4 is 27.5 Å². The van der Waals surface area contributed by atoms with Crippen molar-refractivity contribution in [2.45, 2.75) is 19.4 Å². The van der Waals surface area contributed by atoms with E-state index < -0.39 is 0 Å². The summed E-state index contributed by atoms with van der Waals surface area (Å²) in [7, 11) is 1.66. The van der Waals surface area contributed by atoms with Gasteiger partial charge in [-0.15, -0.1) is 0 Å². The van der Waals surface area contributed by atoms with Gasteiger partial charge in [0.2, 0.25) is 0 Å². The molecule has 0 bridgehead atoms. The van der Waals surface area contributed by atoms with E-state index in [0.717, 1.165) is 34.4 Å². The third-order valence-electron chi connectivity index (χ3n) is 3.17. The zero-order chi connectivity index (χ0) is 15.2. The lowest BCUT2D eigenvalue weighted by atomic mass is 10.0. The van der Waals surface area contributed by atoms with Crippen molar-refractivity contribution in [2.24, 2.45) is 0 Å². The molecule has 1 aromatic carbocycles. The standard InChI is InChI=1S/C16H18BrClN2O/c1-3-8-19-15(11-6-7-12(17)13(18)10-11)16-14(21-2)5-4-9-20-16/h4-7,9-10,15,19H,3,8H2,1-2H3. The molecule has 0 saturated heterocycles. The van der Waals surface area contributed by atoms with Crippen LogP contribution in [-0.2, 0) is 0 Å². The summed E-state index contributed by atoms with van der Waals surface area (Å²) in [5.41, 5.74) is 1.93. The van der Waals surface area contributed by atoms with Crippen LogP contribution in [0.3, 0.4) is 0 Å². The molecule has 1 aromatic heterocycles. The van der Waals surface area contributed by atoms with Crippen LogP contribution in [0.4, 0.5) is 0 Å². The Kier molecular flexibility index (Phi) is 6.03. The van der Waals surface area contributed by atoms with Crippen molar-refractivity contribution < 1.29 is 4.74 Å². The van der Waals surface area contributed by atoms with Crippen LogP contribution in [0, 0.1) is 0 Å².